The van der Waals surface area contributed by atoms with Crippen LogP contribution in [0.2, 0.25) is 0 Å². The van der Waals surface area contributed by atoms with Gasteiger partial charge in [-0.1, -0.05) is 6.92 Å². The summed E-state index contributed by atoms with van der Waals surface area (Å²) in [7, 11) is 0. The van der Waals surface area contributed by atoms with E-state index < -0.39 is 0 Å². The average Bonchev–Trinajstić information content (AvgIpc) is 2.70. The van der Waals surface area contributed by atoms with E-state index in [2.05, 4.69) is 32.7 Å². The van der Waals surface area contributed by atoms with Gasteiger partial charge in [-0.3, -0.25) is 10.1 Å². The lowest BCUT2D eigenvalue weighted by molar-refractivity contribution is -0.120. The van der Waals surface area contributed by atoms with Crippen LogP contribution in [0.5, 0.6) is 0 Å². The molecule has 1 amide bonds. The molecule has 0 saturated carbocycles. The van der Waals surface area contributed by atoms with Crippen molar-refractivity contribution < 1.29 is 4.79 Å². The molecule has 0 unspecified atom stereocenters. The van der Waals surface area contributed by atoms with Crippen LogP contribution in [0.15, 0.2) is 0 Å². The predicted octanol–water partition coefficient (Wildman–Crippen LogP) is 0.282. The van der Waals surface area contributed by atoms with Gasteiger partial charge in [0.2, 0.25) is 11.9 Å². The predicted molar refractivity (Wildman–Crippen MR) is 63.5 cm³/mol. The smallest absolute Gasteiger partial charge is 0.249 e. The molecule has 1 fully saturated rings. The van der Waals surface area contributed by atoms with E-state index in [9.17, 15) is 4.79 Å². The van der Waals surface area contributed by atoms with Crippen molar-refractivity contribution in [2.75, 3.05) is 18.4 Å². The lowest BCUT2D eigenvalue weighted by atomic mass is 9.97. The molecule has 2 N–H and O–H groups in total. The molecular formula is C11H17N5O. The van der Waals surface area contributed by atoms with Gasteiger partial charge in [0.25, 0.3) is 0 Å². The number of carbonyl (C=O) groups excluding carboxylic acids is 1. The van der Waals surface area contributed by atoms with Crippen LogP contribution in [0, 0.1) is 25.7 Å². The van der Waals surface area contributed by atoms with E-state index in [1.165, 1.54) is 0 Å². The molecule has 1 saturated heterocycles. The van der Waals surface area contributed by atoms with Gasteiger partial charge in [0, 0.05) is 6.54 Å². The molecule has 92 valence electrons. The third-order valence-electron chi connectivity index (χ3n) is 3.18. The van der Waals surface area contributed by atoms with E-state index in [-0.39, 0.29) is 17.8 Å². The largest absolute Gasteiger partial charge is 0.316 e. The van der Waals surface area contributed by atoms with Gasteiger partial charge < -0.3 is 5.32 Å². The van der Waals surface area contributed by atoms with E-state index in [0.29, 0.717) is 12.5 Å². The first-order valence-corrected chi connectivity index (χ1v) is 5.77. The van der Waals surface area contributed by atoms with E-state index in [0.717, 1.165) is 17.9 Å². The highest BCUT2D eigenvalue weighted by atomic mass is 16.2. The summed E-state index contributed by atoms with van der Waals surface area (Å²) in [5.74, 6) is 0.583. The van der Waals surface area contributed by atoms with Crippen LogP contribution in [0.3, 0.4) is 0 Å². The minimum Gasteiger partial charge on any atom is -0.316 e. The highest BCUT2D eigenvalue weighted by Gasteiger charge is 2.29. The molecule has 1 aliphatic heterocycles. The molecule has 0 spiro atoms. The molecule has 1 aromatic heterocycles. The van der Waals surface area contributed by atoms with Crippen molar-refractivity contribution in [1.82, 2.24) is 20.5 Å². The van der Waals surface area contributed by atoms with Crippen molar-refractivity contribution in [3.63, 3.8) is 0 Å². The van der Waals surface area contributed by atoms with E-state index >= 15 is 0 Å². The number of hydrogen-bond acceptors (Lipinski definition) is 5. The first kappa shape index (κ1) is 11.9. The van der Waals surface area contributed by atoms with Crippen molar-refractivity contribution >= 4 is 11.9 Å². The average molecular weight is 235 g/mol. The van der Waals surface area contributed by atoms with Crippen molar-refractivity contribution in [2.45, 2.75) is 20.8 Å². The molecule has 6 heteroatoms. The van der Waals surface area contributed by atoms with Gasteiger partial charge in [-0.05, 0) is 26.3 Å². The maximum Gasteiger partial charge on any atom is 0.249 e. The summed E-state index contributed by atoms with van der Waals surface area (Å²) in [5.41, 5.74) is 1.56. The van der Waals surface area contributed by atoms with Crippen LogP contribution in [0.1, 0.15) is 18.3 Å². The molecular weight excluding hydrogens is 218 g/mol. The molecule has 0 bridgehead atoms. The summed E-state index contributed by atoms with van der Waals surface area (Å²) in [5, 5.41) is 13.7. The van der Waals surface area contributed by atoms with Crippen LogP contribution >= 0.6 is 0 Å². The Morgan fingerprint density at radius 1 is 1.29 bits per heavy atom. The Morgan fingerprint density at radius 2 is 2.06 bits per heavy atom. The fourth-order valence-corrected chi connectivity index (χ4v) is 1.87. The summed E-state index contributed by atoms with van der Waals surface area (Å²) in [6.07, 6.45) is 0. The third kappa shape index (κ3) is 2.58. The number of hydrogen-bond donors (Lipinski definition) is 2. The molecule has 2 heterocycles. The number of nitrogens with zero attached hydrogens (tertiary/aromatic N) is 3. The van der Waals surface area contributed by atoms with Crippen molar-refractivity contribution in [3.8, 4) is 0 Å². The Balaban J connectivity index is 2.05. The number of amides is 1. The monoisotopic (exact) mass is 235 g/mol. The number of aryl methyl sites for hydroxylation is 2. The second kappa shape index (κ2) is 4.75. The molecule has 2 rings (SSSR count). The number of nitrogens with one attached hydrogen (secondary N) is 2. The highest BCUT2D eigenvalue weighted by molar-refractivity contribution is 5.91. The van der Waals surface area contributed by atoms with Crippen LogP contribution in [0.4, 0.5) is 5.95 Å². The topological polar surface area (TPSA) is 79.8 Å². The first-order chi connectivity index (χ1) is 8.08. The molecule has 0 radical (unpaired) electrons. The second-order valence-electron chi connectivity index (χ2n) is 4.54. The van der Waals surface area contributed by atoms with Crippen LogP contribution in [-0.4, -0.2) is 34.2 Å². The maximum absolute atomic E-state index is 12.0. The van der Waals surface area contributed by atoms with Crippen molar-refractivity contribution in [3.05, 3.63) is 11.4 Å². The fraction of sp³-hybridized carbons (Fsp3) is 0.636. The van der Waals surface area contributed by atoms with Gasteiger partial charge in [0.1, 0.15) is 0 Å². The van der Waals surface area contributed by atoms with Gasteiger partial charge >= 0.3 is 0 Å². The van der Waals surface area contributed by atoms with Gasteiger partial charge in [-0.15, -0.1) is 5.10 Å². The summed E-state index contributed by atoms with van der Waals surface area (Å²) >= 11 is 0. The first-order valence-electron chi connectivity index (χ1n) is 5.77. The number of rotatable bonds is 2. The quantitative estimate of drug-likeness (QED) is 0.769. The molecule has 1 aromatic rings. The standard InChI is InChI=1S/C11H17N5O/c1-6-4-12-5-9(6)10(17)14-11-13-7(2)8(3)15-16-11/h6,9,12H,4-5H2,1-3H3,(H,13,14,16,17)/t6-,9-/m1/s1. The van der Waals surface area contributed by atoms with E-state index in [1.54, 1.807) is 0 Å². The lowest BCUT2D eigenvalue weighted by Gasteiger charge is -2.13. The van der Waals surface area contributed by atoms with Crippen molar-refractivity contribution in [1.29, 1.82) is 0 Å². The minimum absolute atomic E-state index is 0.0137. The molecule has 0 aromatic carbocycles. The Labute approximate surface area is 100 Å². The number of anilines is 1. The SMILES string of the molecule is Cc1nnc(NC(=O)[C@@H]2CNC[C@H]2C)nc1C. The zero-order chi connectivity index (χ0) is 12.4. The Bertz CT molecular complexity index is 434. The van der Waals surface area contributed by atoms with Gasteiger partial charge in [-0.25, -0.2) is 4.98 Å². The molecule has 2 atom stereocenters. The summed E-state index contributed by atoms with van der Waals surface area (Å²) in [4.78, 5) is 16.1. The van der Waals surface area contributed by atoms with E-state index in [1.807, 2.05) is 13.8 Å². The second-order valence-corrected chi connectivity index (χ2v) is 4.54. The number of carbonyl (C=O) groups is 1. The number of aromatic nitrogens is 3. The lowest BCUT2D eigenvalue weighted by Crippen LogP contribution is -2.28. The fourth-order valence-electron chi connectivity index (χ4n) is 1.87. The molecule has 0 aliphatic carbocycles. The Hall–Kier alpha value is -1.56. The summed E-state index contributed by atoms with van der Waals surface area (Å²) in [6, 6.07) is 0. The van der Waals surface area contributed by atoms with Crippen molar-refractivity contribution in [2.24, 2.45) is 11.8 Å². The van der Waals surface area contributed by atoms with E-state index in [4.69, 9.17) is 0 Å². The zero-order valence-corrected chi connectivity index (χ0v) is 10.3. The maximum atomic E-state index is 12.0. The minimum atomic E-state index is -0.0347. The summed E-state index contributed by atoms with van der Waals surface area (Å²) in [6.45, 7) is 7.34. The van der Waals surface area contributed by atoms with Gasteiger partial charge in [0.15, 0.2) is 0 Å². The zero-order valence-electron chi connectivity index (χ0n) is 10.3. The highest BCUT2D eigenvalue weighted by Crippen LogP contribution is 2.17. The van der Waals surface area contributed by atoms with Gasteiger partial charge in [0.05, 0.1) is 17.3 Å². The van der Waals surface area contributed by atoms with Gasteiger partial charge in [-0.2, -0.15) is 5.10 Å². The normalized spacial score (nSPS) is 23.7. The Kier molecular flexibility index (Phi) is 3.33. The molecule has 6 nitrogen and oxygen atoms in total. The Morgan fingerprint density at radius 3 is 2.65 bits per heavy atom. The molecule has 17 heavy (non-hydrogen) atoms. The van der Waals surface area contributed by atoms with Crippen LogP contribution in [0.25, 0.3) is 0 Å². The third-order valence-corrected chi connectivity index (χ3v) is 3.18. The van der Waals surface area contributed by atoms with Crippen LogP contribution < -0.4 is 10.6 Å². The summed E-state index contributed by atoms with van der Waals surface area (Å²) < 4.78 is 0. The van der Waals surface area contributed by atoms with Crippen LogP contribution in [-0.2, 0) is 4.79 Å². The molecule has 1 aliphatic rings.